The van der Waals surface area contributed by atoms with E-state index in [0.29, 0.717) is 34.7 Å². The Bertz CT molecular complexity index is 843. The molecule has 1 aromatic carbocycles. The summed E-state index contributed by atoms with van der Waals surface area (Å²) in [7, 11) is 3.16. The summed E-state index contributed by atoms with van der Waals surface area (Å²) in [6.45, 7) is 2.49. The molecular weight excluding hydrogens is 390 g/mol. The minimum atomic E-state index is -0.330. The van der Waals surface area contributed by atoms with Gasteiger partial charge in [0.15, 0.2) is 0 Å². The van der Waals surface area contributed by atoms with Gasteiger partial charge in [0.25, 0.3) is 5.22 Å². The molecule has 2 aromatic rings. The molecule has 8 heteroatoms. The van der Waals surface area contributed by atoms with Gasteiger partial charge < -0.3 is 19.2 Å². The van der Waals surface area contributed by atoms with Crippen LogP contribution in [-0.4, -0.2) is 42.1 Å². The van der Waals surface area contributed by atoms with E-state index in [-0.39, 0.29) is 11.2 Å². The Morgan fingerprint density at radius 1 is 1.21 bits per heavy atom. The van der Waals surface area contributed by atoms with Crippen molar-refractivity contribution in [1.82, 2.24) is 15.5 Å². The highest BCUT2D eigenvalue weighted by Crippen LogP contribution is 2.31. The molecule has 0 saturated carbocycles. The first-order valence-electron chi connectivity index (χ1n) is 9.78. The van der Waals surface area contributed by atoms with Crippen molar-refractivity contribution >= 4 is 17.7 Å². The van der Waals surface area contributed by atoms with Gasteiger partial charge >= 0.3 is 0 Å². The molecule has 3 rings (SSSR count). The van der Waals surface area contributed by atoms with Crippen molar-refractivity contribution in [3.63, 3.8) is 0 Å². The number of nitrogens with one attached hydrogen (secondary N) is 1. The van der Waals surface area contributed by atoms with Crippen molar-refractivity contribution in [2.45, 2.75) is 49.5 Å². The van der Waals surface area contributed by atoms with Gasteiger partial charge in [0.2, 0.25) is 11.8 Å². The molecule has 29 heavy (non-hydrogen) atoms. The first-order valence-corrected chi connectivity index (χ1v) is 10.7. The van der Waals surface area contributed by atoms with Gasteiger partial charge in [-0.2, -0.15) is 0 Å². The molecule has 0 fully saturated rings. The number of ether oxygens (including phenoxy) is 2. The molecule has 0 radical (unpaired) electrons. The van der Waals surface area contributed by atoms with E-state index < -0.39 is 0 Å². The maximum absolute atomic E-state index is 12.4. The highest BCUT2D eigenvalue weighted by Gasteiger charge is 2.19. The Hall–Kier alpha value is -2.48. The second-order valence-electron chi connectivity index (χ2n) is 6.88. The van der Waals surface area contributed by atoms with E-state index in [0.717, 1.165) is 19.3 Å². The monoisotopic (exact) mass is 417 g/mol. The predicted octanol–water partition coefficient (Wildman–Crippen LogP) is 4.24. The van der Waals surface area contributed by atoms with Crippen molar-refractivity contribution in [2.75, 3.05) is 20.8 Å². The van der Waals surface area contributed by atoms with Gasteiger partial charge in [0, 0.05) is 18.2 Å². The maximum Gasteiger partial charge on any atom is 0.277 e. The highest BCUT2D eigenvalue weighted by atomic mass is 32.2. The lowest BCUT2D eigenvalue weighted by molar-refractivity contribution is -0.120. The van der Waals surface area contributed by atoms with Crippen molar-refractivity contribution in [3.8, 4) is 23.0 Å². The smallest absolute Gasteiger partial charge is 0.277 e. The molecule has 1 amide bonds. The van der Waals surface area contributed by atoms with Crippen LogP contribution in [0, 0.1) is 0 Å². The van der Waals surface area contributed by atoms with Crippen LogP contribution in [-0.2, 0) is 4.79 Å². The number of nitrogens with zero attached hydrogens (tertiary/aromatic N) is 2. The van der Waals surface area contributed by atoms with Crippen LogP contribution in [0.1, 0.15) is 39.0 Å². The summed E-state index contributed by atoms with van der Waals surface area (Å²) >= 11 is 1.24. The molecule has 0 aliphatic heterocycles. The van der Waals surface area contributed by atoms with E-state index in [1.807, 2.05) is 6.92 Å². The highest BCUT2D eigenvalue weighted by molar-refractivity contribution is 8.00. The van der Waals surface area contributed by atoms with Crippen LogP contribution in [0.25, 0.3) is 11.5 Å². The zero-order chi connectivity index (χ0) is 20.6. The number of aromatic nitrogens is 2. The number of hydrogen-bond donors (Lipinski definition) is 1. The second kappa shape index (κ2) is 10.3. The molecule has 1 aliphatic carbocycles. The lowest BCUT2D eigenvalue weighted by atomic mass is 9.97. The van der Waals surface area contributed by atoms with Crippen LogP contribution in [0.5, 0.6) is 11.5 Å². The lowest BCUT2D eigenvalue weighted by Gasteiger charge is -2.14. The molecule has 156 valence electrons. The number of carbonyl (C=O) groups excluding carboxylic acids is 1. The maximum atomic E-state index is 12.4. The number of amides is 1. The van der Waals surface area contributed by atoms with Crippen LogP contribution < -0.4 is 14.8 Å². The number of methoxy groups -OCH3 is 2. The minimum Gasteiger partial charge on any atom is -0.497 e. The third-order valence-corrected chi connectivity index (χ3v) is 5.72. The molecule has 0 unspecified atom stereocenters. The lowest BCUT2D eigenvalue weighted by Crippen LogP contribution is -2.31. The fourth-order valence-electron chi connectivity index (χ4n) is 3.13. The van der Waals surface area contributed by atoms with Gasteiger partial charge in [-0.25, -0.2) is 0 Å². The Labute approximate surface area is 175 Å². The minimum absolute atomic E-state index is 0.0331. The summed E-state index contributed by atoms with van der Waals surface area (Å²) in [6, 6.07) is 5.35. The summed E-state index contributed by atoms with van der Waals surface area (Å²) in [5, 5.41) is 11.2. The van der Waals surface area contributed by atoms with E-state index in [1.165, 1.54) is 30.2 Å². The van der Waals surface area contributed by atoms with Gasteiger partial charge in [-0.3, -0.25) is 4.79 Å². The van der Waals surface area contributed by atoms with Gasteiger partial charge in [-0.15, -0.1) is 10.2 Å². The van der Waals surface area contributed by atoms with Gasteiger partial charge in [-0.05, 0) is 51.2 Å². The summed E-state index contributed by atoms with van der Waals surface area (Å²) in [5.41, 5.74) is 2.14. The van der Waals surface area contributed by atoms with Crippen molar-refractivity contribution in [1.29, 1.82) is 0 Å². The molecule has 1 N–H and O–H groups in total. The van der Waals surface area contributed by atoms with Crippen LogP contribution in [0.3, 0.4) is 0 Å². The van der Waals surface area contributed by atoms with E-state index in [4.69, 9.17) is 13.9 Å². The van der Waals surface area contributed by atoms with Crippen molar-refractivity contribution in [3.05, 3.63) is 29.8 Å². The first-order chi connectivity index (χ1) is 14.1. The van der Waals surface area contributed by atoms with Crippen LogP contribution >= 0.6 is 11.8 Å². The third-order valence-electron chi connectivity index (χ3n) is 4.78. The van der Waals surface area contributed by atoms with E-state index in [2.05, 4.69) is 21.6 Å². The van der Waals surface area contributed by atoms with Crippen molar-refractivity contribution < 1.29 is 18.7 Å². The first kappa shape index (κ1) is 21.2. The Kier molecular flexibility index (Phi) is 7.57. The van der Waals surface area contributed by atoms with Crippen LogP contribution in [0.2, 0.25) is 0 Å². The fourth-order valence-corrected chi connectivity index (χ4v) is 3.84. The molecule has 1 atom stereocenters. The molecule has 7 nitrogen and oxygen atoms in total. The molecule has 1 aliphatic rings. The Morgan fingerprint density at radius 3 is 2.62 bits per heavy atom. The van der Waals surface area contributed by atoms with Gasteiger partial charge in [0.1, 0.15) is 11.5 Å². The average molecular weight is 418 g/mol. The van der Waals surface area contributed by atoms with E-state index >= 15 is 0 Å². The normalized spacial score (nSPS) is 14.8. The van der Waals surface area contributed by atoms with E-state index in [1.54, 1.807) is 32.4 Å². The average Bonchev–Trinajstić information content (AvgIpc) is 3.22. The standard InChI is InChI=1S/C21H27N3O4S/c1-14(19(25)22-10-9-15-7-5-4-6-8-15)29-21-24-23-20(28-21)16-11-17(26-2)13-18(12-16)27-3/h7,11-14H,4-6,8-10H2,1-3H3,(H,22,25)/t14-/m1/s1. The molecule has 0 spiro atoms. The largest absolute Gasteiger partial charge is 0.497 e. The second-order valence-corrected chi connectivity index (χ2v) is 8.18. The zero-order valence-corrected chi connectivity index (χ0v) is 17.9. The van der Waals surface area contributed by atoms with Crippen LogP contribution in [0.15, 0.2) is 39.5 Å². The fraction of sp³-hybridized carbons (Fsp3) is 0.476. The SMILES string of the molecule is COc1cc(OC)cc(-c2nnc(S[C@H](C)C(=O)NCCC3=CCCCC3)o2)c1. The van der Waals surface area contributed by atoms with Crippen LogP contribution in [0.4, 0.5) is 0 Å². The molecule has 0 bridgehead atoms. The molecule has 1 heterocycles. The molecule has 0 saturated heterocycles. The quantitative estimate of drug-likeness (QED) is 0.482. The van der Waals surface area contributed by atoms with Gasteiger partial charge in [-0.1, -0.05) is 23.4 Å². The molecular formula is C21H27N3O4S. The third kappa shape index (κ3) is 6.00. The van der Waals surface area contributed by atoms with Gasteiger partial charge in [0.05, 0.1) is 19.5 Å². The summed E-state index contributed by atoms with van der Waals surface area (Å²) in [5.74, 6) is 1.58. The summed E-state index contributed by atoms with van der Waals surface area (Å²) in [4.78, 5) is 12.4. The number of thioether (sulfide) groups is 1. The Balaban J connectivity index is 1.55. The summed E-state index contributed by atoms with van der Waals surface area (Å²) < 4.78 is 16.3. The van der Waals surface area contributed by atoms with Crippen molar-refractivity contribution in [2.24, 2.45) is 0 Å². The predicted molar refractivity (Wildman–Crippen MR) is 112 cm³/mol. The number of allylic oxidation sites excluding steroid dienone is 1. The number of benzene rings is 1. The number of carbonyl (C=O) groups is 1. The zero-order valence-electron chi connectivity index (χ0n) is 17.1. The Morgan fingerprint density at radius 2 is 1.97 bits per heavy atom. The summed E-state index contributed by atoms with van der Waals surface area (Å²) in [6.07, 6.45) is 8.07. The number of rotatable bonds is 9. The molecule has 1 aromatic heterocycles. The topological polar surface area (TPSA) is 86.5 Å². The number of hydrogen-bond acceptors (Lipinski definition) is 7. The van der Waals surface area contributed by atoms with E-state index in [9.17, 15) is 4.79 Å².